The van der Waals surface area contributed by atoms with E-state index in [2.05, 4.69) is 21.3 Å². The van der Waals surface area contributed by atoms with Crippen molar-refractivity contribution in [3.63, 3.8) is 0 Å². The molecule has 4 amide bonds. The summed E-state index contributed by atoms with van der Waals surface area (Å²) >= 11 is 0. The fourth-order valence-electron chi connectivity index (χ4n) is 5.99. The van der Waals surface area contributed by atoms with Gasteiger partial charge in [-0.05, 0) is 42.9 Å². The maximum absolute atomic E-state index is 13.8. The van der Waals surface area contributed by atoms with Gasteiger partial charge >= 0.3 is 0 Å². The average Bonchev–Trinajstić information content (AvgIpc) is 3.65. The van der Waals surface area contributed by atoms with Crippen LogP contribution in [0, 0.1) is 11.8 Å². The summed E-state index contributed by atoms with van der Waals surface area (Å²) in [5.41, 5.74) is 1.38. The van der Waals surface area contributed by atoms with Gasteiger partial charge in [0.2, 0.25) is 17.6 Å². The van der Waals surface area contributed by atoms with E-state index in [4.69, 9.17) is 4.42 Å². The zero-order valence-electron chi connectivity index (χ0n) is 24.1. The number of carbonyl (C=O) groups is 5. The molecule has 1 aliphatic carbocycles. The van der Waals surface area contributed by atoms with E-state index in [0.29, 0.717) is 25.0 Å². The highest BCUT2D eigenvalue weighted by Crippen LogP contribution is 2.28. The van der Waals surface area contributed by atoms with Gasteiger partial charge in [-0.25, -0.2) is 0 Å². The van der Waals surface area contributed by atoms with E-state index in [1.165, 1.54) is 0 Å². The van der Waals surface area contributed by atoms with E-state index in [0.717, 1.165) is 43.1 Å². The van der Waals surface area contributed by atoms with Gasteiger partial charge in [0, 0.05) is 24.4 Å². The molecule has 3 atom stereocenters. The maximum atomic E-state index is 13.8. The van der Waals surface area contributed by atoms with Crippen molar-refractivity contribution in [1.29, 1.82) is 0 Å². The van der Waals surface area contributed by atoms with Crippen LogP contribution in [0.25, 0.3) is 11.0 Å². The number of nitrogens with one attached hydrogen (secondary N) is 4. The molecule has 5 rings (SSSR count). The lowest BCUT2D eigenvalue weighted by atomic mass is 9.84. The topological polar surface area (TPSA) is 147 Å². The minimum atomic E-state index is -1.23. The molecule has 10 heteroatoms. The van der Waals surface area contributed by atoms with Crippen molar-refractivity contribution >= 4 is 40.4 Å². The lowest BCUT2D eigenvalue weighted by Crippen LogP contribution is -2.55. The van der Waals surface area contributed by atoms with Gasteiger partial charge in [0.1, 0.15) is 11.6 Å². The van der Waals surface area contributed by atoms with Gasteiger partial charge in [0.25, 0.3) is 11.8 Å². The van der Waals surface area contributed by atoms with Crippen LogP contribution in [-0.2, 0) is 25.7 Å². The number of Topliss-reactive ketones (excluding diaryl/α,β-unsaturated/α-hetero) is 1. The van der Waals surface area contributed by atoms with Crippen molar-refractivity contribution in [3.05, 3.63) is 72.0 Å². The number of hydrogen-bond donors (Lipinski definition) is 4. The molecule has 1 saturated heterocycles. The van der Waals surface area contributed by atoms with E-state index in [9.17, 15) is 24.0 Å². The summed E-state index contributed by atoms with van der Waals surface area (Å²) in [6.45, 7) is 0.615. The summed E-state index contributed by atoms with van der Waals surface area (Å²) in [5.74, 6) is -3.20. The molecule has 4 N–H and O–H groups in total. The quantitative estimate of drug-likeness (QED) is 0.239. The molecule has 0 radical (unpaired) electrons. The zero-order chi connectivity index (χ0) is 30.2. The van der Waals surface area contributed by atoms with Crippen LogP contribution in [0.3, 0.4) is 0 Å². The molecule has 43 heavy (non-hydrogen) atoms. The fraction of sp³-hybridized carbons (Fsp3) is 0.424. The van der Waals surface area contributed by atoms with Crippen LogP contribution in [0.15, 0.2) is 65.1 Å². The second-order valence-corrected chi connectivity index (χ2v) is 11.5. The maximum Gasteiger partial charge on any atom is 0.289 e. The van der Waals surface area contributed by atoms with E-state index in [1.807, 2.05) is 48.5 Å². The molecule has 3 aromatic rings. The number of benzene rings is 2. The largest absolute Gasteiger partial charge is 0.451 e. The summed E-state index contributed by atoms with van der Waals surface area (Å²) in [7, 11) is 0. The summed E-state index contributed by atoms with van der Waals surface area (Å²) in [4.78, 5) is 65.8. The molecule has 1 aliphatic heterocycles. The Kier molecular flexibility index (Phi) is 9.86. The van der Waals surface area contributed by atoms with Crippen LogP contribution in [0.1, 0.15) is 67.5 Å². The average molecular weight is 587 g/mol. The van der Waals surface area contributed by atoms with Gasteiger partial charge in [0.15, 0.2) is 5.76 Å². The Bertz CT molecular complexity index is 1430. The van der Waals surface area contributed by atoms with E-state index in [-0.39, 0.29) is 30.6 Å². The Balaban J connectivity index is 1.32. The number of amides is 4. The fourth-order valence-corrected chi connectivity index (χ4v) is 5.99. The van der Waals surface area contributed by atoms with Crippen molar-refractivity contribution in [2.24, 2.45) is 11.8 Å². The van der Waals surface area contributed by atoms with Gasteiger partial charge in [-0.3, -0.25) is 24.0 Å². The van der Waals surface area contributed by atoms with Crippen LogP contribution < -0.4 is 21.3 Å². The number of rotatable bonds is 12. The Morgan fingerprint density at radius 3 is 2.33 bits per heavy atom. The molecule has 0 spiro atoms. The van der Waals surface area contributed by atoms with Crippen molar-refractivity contribution in [2.45, 2.75) is 70.0 Å². The van der Waals surface area contributed by atoms with Crippen molar-refractivity contribution < 1.29 is 28.4 Å². The van der Waals surface area contributed by atoms with Crippen LogP contribution >= 0.6 is 0 Å². The Hall–Kier alpha value is -4.47. The highest BCUT2D eigenvalue weighted by molar-refractivity contribution is 6.38. The normalized spacial score (nSPS) is 18.4. The van der Waals surface area contributed by atoms with Crippen LogP contribution in [0.4, 0.5) is 0 Å². The smallest absolute Gasteiger partial charge is 0.289 e. The van der Waals surface area contributed by atoms with Crippen LogP contribution in [-0.4, -0.2) is 48.0 Å². The molecule has 1 saturated carbocycles. The first-order valence-corrected chi connectivity index (χ1v) is 15.1. The first kappa shape index (κ1) is 30.0. The lowest BCUT2D eigenvalue weighted by molar-refractivity contribution is -0.141. The number of furan rings is 1. The number of hydrogen-bond acceptors (Lipinski definition) is 6. The van der Waals surface area contributed by atoms with Gasteiger partial charge in [-0.1, -0.05) is 80.6 Å². The number of fused-ring (bicyclic) bond motifs is 1. The third-order valence-corrected chi connectivity index (χ3v) is 8.40. The monoisotopic (exact) mass is 586 g/mol. The Morgan fingerprint density at radius 2 is 1.60 bits per heavy atom. The molecular weight excluding hydrogens is 548 g/mol. The number of para-hydroxylation sites is 1. The van der Waals surface area contributed by atoms with E-state index >= 15 is 0 Å². The third-order valence-electron chi connectivity index (χ3n) is 8.40. The van der Waals surface area contributed by atoms with Crippen molar-refractivity contribution in [2.75, 3.05) is 6.54 Å². The number of carbonyl (C=O) groups excluding carboxylic acids is 5. The minimum absolute atomic E-state index is 0.0111. The lowest BCUT2D eigenvalue weighted by Gasteiger charge is -2.28. The van der Waals surface area contributed by atoms with E-state index in [1.54, 1.807) is 12.1 Å². The molecule has 2 aromatic carbocycles. The van der Waals surface area contributed by atoms with Gasteiger partial charge in [-0.15, -0.1) is 0 Å². The molecular formula is C33H38N4O6. The molecule has 1 aromatic heterocycles. The molecule has 1 unspecified atom stereocenters. The molecule has 2 fully saturated rings. The predicted molar refractivity (Wildman–Crippen MR) is 160 cm³/mol. The second kappa shape index (κ2) is 14.1. The molecule has 10 nitrogen and oxygen atoms in total. The SMILES string of the molecule is O=C(NCc1ccccc1)C(=O)C(C[C@@H]1CCNC1=O)NC(=O)[C@H](CC1CCCCC1)NC(=O)c1cc2ccccc2o1. The zero-order valence-corrected chi connectivity index (χ0v) is 24.1. The Morgan fingerprint density at radius 1 is 0.860 bits per heavy atom. The standard InChI is InChI=1S/C33H38N4O6/c38-29(33(42)35-20-22-11-5-2-6-12-22)25(18-24-15-16-34-30(24)39)36-31(40)26(17-21-9-3-1-4-10-21)37-32(41)28-19-23-13-7-8-14-27(23)43-28/h2,5-8,11-14,19,21,24-26H,1,3-4,9-10,15-18,20H2,(H,34,39)(H,35,42)(H,36,40)(H,37,41)/t24-,25?,26-/m0/s1. The minimum Gasteiger partial charge on any atom is -0.451 e. The van der Waals surface area contributed by atoms with Gasteiger partial charge in [0.05, 0.1) is 6.04 Å². The highest BCUT2D eigenvalue weighted by atomic mass is 16.3. The van der Waals surface area contributed by atoms with E-state index < -0.39 is 41.5 Å². The summed E-state index contributed by atoms with van der Waals surface area (Å²) in [5, 5.41) is 11.7. The van der Waals surface area contributed by atoms with Gasteiger partial charge < -0.3 is 25.7 Å². The summed E-state index contributed by atoms with van der Waals surface area (Å²) in [6, 6.07) is 15.9. The highest BCUT2D eigenvalue weighted by Gasteiger charge is 2.36. The first-order chi connectivity index (χ1) is 20.9. The molecule has 226 valence electrons. The second-order valence-electron chi connectivity index (χ2n) is 11.5. The molecule has 2 heterocycles. The predicted octanol–water partition coefficient (Wildman–Crippen LogP) is 3.40. The summed E-state index contributed by atoms with van der Waals surface area (Å²) in [6.07, 6.45) is 6.00. The first-order valence-electron chi connectivity index (χ1n) is 15.1. The summed E-state index contributed by atoms with van der Waals surface area (Å²) < 4.78 is 5.72. The van der Waals surface area contributed by atoms with Crippen LogP contribution in [0.2, 0.25) is 0 Å². The molecule has 2 aliphatic rings. The van der Waals surface area contributed by atoms with Gasteiger partial charge in [-0.2, -0.15) is 0 Å². The Labute approximate surface area is 250 Å². The number of ketones is 1. The molecule has 0 bridgehead atoms. The van der Waals surface area contributed by atoms with Crippen molar-refractivity contribution in [3.8, 4) is 0 Å². The van der Waals surface area contributed by atoms with Crippen LogP contribution in [0.5, 0.6) is 0 Å². The van der Waals surface area contributed by atoms with Crippen molar-refractivity contribution in [1.82, 2.24) is 21.3 Å². The third kappa shape index (κ3) is 7.88.